The van der Waals surface area contributed by atoms with Crippen molar-refractivity contribution in [3.05, 3.63) is 86.2 Å². The van der Waals surface area contributed by atoms with Crippen LogP contribution in [-0.4, -0.2) is 11.6 Å². The zero-order chi connectivity index (χ0) is 19.3. The van der Waals surface area contributed by atoms with Crippen LogP contribution in [0.3, 0.4) is 0 Å². The van der Waals surface area contributed by atoms with Crippen molar-refractivity contribution in [2.75, 3.05) is 6.73 Å². The molecule has 4 nitrogen and oxygen atoms in total. The topological polar surface area (TPSA) is 42.7 Å². The van der Waals surface area contributed by atoms with Gasteiger partial charge in [0.25, 0.3) is 0 Å². The van der Waals surface area contributed by atoms with Gasteiger partial charge < -0.3 is 9.15 Å². The number of fused-ring (bicyclic) bond motifs is 5. The van der Waals surface area contributed by atoms with Crippen LogP contribution in [0.1, 0.15) is 11.1 Å². The molecule has 3 aromatic carbocycles. The molecule has 4 aromatic rings. The molecule has 0 saturated carbocycles. The van der Waals surface area contributed by atoms with Gasteiger partial charge in [-0.25, -0.2) is 4.79 Å². The predicted octanol–water partition coefficient (Wildman–Crippen LogP) is 5.61. The van der Waals surface area contributed by atoms with E-state index in [2.05, 4.69) is 4.90 Å². The molecule has 1 aliphatic rings. The molecule has 0 atom stereocenters. The number of rotatable bonds is 2. The third kappa shape index (κ3) is 2.94. The third-order valence-electron chi connectivity index (χ3n) is 5.02. The van der Waals surface area contributed by atoms with Crippen LogP contribution in [0.15, 0.2) is 63.8 Å². The highest BCUT2D eigenvalue weighted by Crippen LogP contribution is 2.35. The summed E-state index contributed by atoms with van der Waals surface area (Å²) >= 11 is 12.1. The summed E-state index contributed by atoms with van der Waals surface area (Å²) in [5.41, 5.74) is 2.17. The SMILES string of the molecule is O=c1oc2c3c(ccc2c2ccccc12)OCN(Cc1ccc(Cl)c(Cl)c1)C3. The van der Waals surface area contributed by atoms with Gasteiger partial charge in [-0.3, -0.25) is 4.90 Å². The van der Waals surface area contributed by atoms with Gasteiger partial charge in [-0.1, -0.05) is 47.5 Å². The summed E-state index contributed by atoms with van der Waals surface area (Å²) in [6.07, 6.45) is 0. The van der Waals surface area contributed by atoms with Crippen LogP contribution in [0.25, 0.3) is 21.7 Å². The van der Waals surface area contributed by atoms with Crippen molar-refractivity contribution in [1.82, 2.24) is 4.90 Å². The Kier molecular flexibility index (Phi) is 4.27. The molecule has 0 aliphatic carbocycles. The number of hydrogen-bond donors (Lipinski definition) is 0. The molecule has 0 radical (unpaired) electrons. The molecule has 1 aromatic heterocycles. The number of benzene rings is 3. The summed E-state index contributed by atoms with van der Waals surface area (Å²) in [6, 6.07) is 17.0. The Morgan fingerprint density at radius 1 is 0.929 bits per heavy atom. The van der Waals surface area contributed by atoms with E-state index < -0.39 is 0 Å². The number of hydrogen-bond acceptors (Lipinski definition) is 4. The summed E-state index contributed by atoms with van der Waals surface area (Å²) < 4.78 is 11.6. The normalized spacial score (nSPS) is 14.2. The molecule has 0 N–H and O–H groups in total. The minimum Gasteiger partial charge on any atom is -0.478 e. The van der Waals surface area contributed by atoms with E-state index in [-0.39, 0.29) is 5.63 Å². The molecule has 1 aliphatic heterocycles. The van der Waals surface area contributed by atoms with Gasteiger partial charge in [0.1, 0.15) is 18.1 Å². The largest absolute Gasteiger partial charge is 0.478 e. The summed E-state index contributed by atoms with van der Waals surface area (Å²) in [4.78, 5) is 14.6. The Labute approximate surface area is 170 Å². The molecule has 0 bridgehead atoms. The van der Waals surface area contributed by atoms with Crippen molar-refractivity contribution in [3.63, 3.8) is 0 Å². The average molecular weight is 412 g/mol. The third-order valence-corrected chi connectivity index (χ3v) is 5.76. The summed E-state index contributed by atoms with van der Waals surface area (Å²) in [5.74, 6) is 0.747. The Bertz CT molecular complexity index is 1280. The van der Waals surface area contributed by atoms with Crippen molar-refractivity contribution < 1.29 is 9.15 Å². The van der Waals surface area contributed by atoms with Crippen LogP contribution in [0, 0.1) is 0 Å². The minimum absolute atomic E-state index is 0.335. The first kappa shape index (κ1) is 17.6. The van der Waals surface area contributed by atoms with E-state index in [4.69, 9.17) is 32.4 Å². The quantitative estimate of drug-likeness (QED) is 0.317. The van der Waals surface area contributed by atoms with E-state index in [0.29, 0.717) is 40.8 Å². The smallest absolute Gasteiger partial charge is 0.344 e. The van der Waals surface area contributed by atoms with Gasteiger partial charge >= 0.3 is 5.63 Å². The Hall–Kier alpha value is -2.53. The van der Waals surface area contributed by atoms with E-state index in [1.54, 1.807) is 12.1 Å². The van der Waals surface area contributed by atoms with Crippen molar-refractivity contribution in [2.24, 2.45) is 0 Å². The standard InChI is InChI=1S/C22H15Cl2NO3/c23-18-7-5-13(9-19(18)24)10-25-11-17-20(27-12-25)8-6-15-14-3-1-2-4-16(14)22(26)28-21(15)17/h1-9H,10-12H2. The molecule has 140 valence electrons. The first-order valence-corrected chi connectivity index (χ1v) is 9.62. The molecule has 0 unspecified atom stereocenters. The first-order valence-electron chi connectivity index (χ1n) is 8.86. The van der Waals surface area contributed by atoms with Crippen molar-refractivity contribution in [1.29, 1.82) is 0 Å². The van der Waals surface area contributed by atoms with Crippen LogP contribution in [0.2, 0.25) is 10.0 Å². The van der Waals surface area contributed by atoms with Crippen LogP contribution in [0.4, 0.5) is 0 Å². The van der Waals surface area contributed by atoms with Gasteiger partial charge in [0, 0.05) is 18.5 Å². The maximum absolute atomic E-state index is 12.5. The second-order valence-electron chi connectivity index (χ2n) is 6.86. The summed E-state index contributed by atoms with van der Waals surface area (Å²) in [5, 5.41) is 3.44. The Morgan fingerprint density at radius 3 is 2.57 bits per heavy atom. The van der Waals surface area contributed by atoms with E-state index in [9.17, 15) is 4.79 Å². The lowest BCUT2D eigenvalue weighted by Crippen LogP contribution is -2.31. The van der Waals surface area contributed by atoms with Crippen molar-refractivity contribution in [3.8, 4) is 5.75 Å². The lowest BCUT2D eigenvalue weighted by Gasteiger charge is -2.29. The highest BCUT2D eigenvalue weighted by Gasteiger charge is 2.22. The highest BCUT2D eigenvalue weighted by molar-refractivity contribution is 6.42. The summed E-state index contributed by atoms with van der Waals surface area (Å²) in [7, 11) is 0. The van der Waals surface area contributed by atoms with Crippen LogP contribution in [-0.2, 0) is 13.1 Å². The Morgan fingerprint density at radius 2 is 1.75 bits per heavy atom. The van der Waals surface area contributed by atoms with Crippen molar-refractivity contribution in [2.45, 2.75) is 13.1 Å². The first-order chi connectivity index (χ1) is 13.6. The number of ether oxygens (including phenoxy) is 1. The molecule has 0 saturated heterocycles. The van der Waals surface area contributed by atoms with E-state index in [1.165, 1.54) is 0 Å². The fraction of sp³-hybridized carbons (Fsp3) is 0.136. The number of nitrogens with zero attached hydrogens (tertiary/aromatic N) is 1. The lowest BCUT2D eigenvalue weighted by atomic mass is 10.0. The molecule has 2 heterocycles. The van der Waals surface area contributed by atoms with Gasteiger partial charge in [0.2, 0.25) is 0 Å². The van der Waals surface area contributed by atoms with E-state index >= 15 is 0 Å². The predicted molar refractivity (Wildman–Crippen MR) is 111 cm³/mol. The maximum atomic E-state index is 12.5. The van der Waals surface area contributed by atoms with Gasteiger partial charge in [-0.15, -0.1) is 0 Å². The van der Waals surface area contributed by atoms with E-state index in [0.717, 1.165) is 27.6 Å². The molecule has 0 amide bonds. The molecule has 0 spiro atoms. The molecule has 6 heteroatoms. The zero-order valence-electron chi connectivity index (χ0n) is 14.7. The van der Waals surface area contributed by atoms with Gasteiger partial charge in [0.15, 0.2) is 0 Å². The number of halogens is 2. The molecule has 0 fully saturated rings. The van der Waals surface area contributed by atoms with Crippen LogP contribution >= 0.6 is 23.2 Å². The molecule has 5 rings (SSSR count). The highest BCUT2D eigenvalue weighted by atomic mass is 35.5. The van der Waals surface area contributed by atoms with Gasteiger partial charge in [-0.2, -0.15) is 0 Å². The second-order valence-corrected chi connectivity index (χ2v) is 7.68. The Balaban J connectivity index is 1.57. The molecular formula is C22H15Cl2NO3. The second kappa shape index (κ2) is 6.82. The fourth-order valence-corrected chi connectivity index (χ4v) is 4.02. The minimum atomic E-state index is -0.335. The maximum Gasteiger partial charge on any atom is 0.344 e. The van der Waals surface area contributed by atoms with Crippen LogP contribution < -0.4 is 10.4 Å². The lowest BCUT2D eigenvalue weighted by molar-refractivity contribution is 0.0890. The summed E-state index contributed by atoms with van der Waals surface area (Å²) in [6.45, 7) is 1.69. The van der Waals surface area contributed by atoms with E-state index in [1.807, 2.05) is 42.5 Å². The average Bonchev–Trinajstić information content (AvgIpc) is 2.71. The molecule has 28 heavy (non-hydrogen) atoms. The van der Waals surface area contributed by atoms with Gasteiger partial charge in [-0.05, 0) is 41.3 Å². The van der Waals surface area contributed by atoms with Gasteiger partial charge in [0.05, 0.1) is 21.0 Å². The van der Waals surface area contributed by atoms with Crippen molar-refractivity contribution >= 4 is 44.9 Å². The fourth-order valence-electron chi connectivity index (χ4n) is 3.69. The molecular weight excluding hydrogens is 397 g/mol. The monoisotopic (exact) mass is 411 g/mol. The zero-order valence-corrected chi connectivity index (χ0v) is 16.3. The van der Waals surface area contributed by atoms with Crippen LogP contribution in [0.5, 0.6) is 5.75 Å².